The molecule has 1 amide bonds. The molecule has 2 aromatic carbocycles. The lowest BCUT2D eigenvalue weighted by Gasteiger charge is -2.18. The molecule has 0 unspecified atom stereocenters. The summed E-state index contributed by atoms with van der Waals surface area (Å²) in [7, 11) is 1.43. The largest absolute Gasteiger partial charge is 0.504 e. The van der Waals surface area contributed by atoms with Crippen molar-refractivity contribution in [1.82, 2.24) is 5.16 Å². The van der Waals surface area contributed by atoms with Gasteiger partial charge in [0.1, 0.15) is 0 Å². The molecule has 0 spiro atoms. The summed E-state index contributed by atoms with van der Waals surface area (Å²) in [6, 6.07) is 12.7. The molecule has 0 bridgehead atoms. The molecule has 1 fully saturated rings. The van der Waals surface area contributed by atoms with Gasteiger partial charge in [0.15, 0.2) is 5.76 Å². The molecule has 0 aliphatic carbocycles. The molecule has 1 aromatic heterocycles. The number of aliphatic hydroxyl groups is 2. The van der Waals surface area contributed by atoms with Gasteiger partial charge in [-0.2, -0.15) is 0 Å². The molecule has 1 atom stereocenters. The molecule has 164 valence electrons. The monoisotopic (exact) mass is 453 g/mol. The number of aromatic nitrogens is 1. The molecule has 3 heterocycles. The fourth-order valence-corrected chi connectivity index (χ4v) is 4.34. The van der Waals surface area contributed by atoms with E-state index in [2.05, 4.69) is 15.4 Å². The number of fused-ring (bicyclic) bond motifs is 1. The second-order valence-electron chi connectivity index (χ2n) is 7.72. The molecule has 5 rings (SSSR count). The van der Waals surface area contributed by atoms with Crippen molar-refractivity contribution in [3.05, 3.63) is 58.8 Å². The second-order valence-corrected chi connectivity index (χ2v) is 8.13. The van der Waals surface area contributed by atoms with E-state index in [1.165, 1.54) is 13.2 Å². The molecule has 3 N–H and O–H groups in total. The quantitative estimate of drug-likeness (QED) is 0.405. The molecule has 3 aromatic rings. The third kappa shape index (κ3) is 3.47. The summed E-state index contributed by atoms with van der Waals surface area (Å²) < 4.78 is 10.1. The summed E-state index contributed by atoms with van der Waals surface area (Å²) >= 11 is 6.52. The third-order valence-electron chi connectivity index (χ3n) is 5.73. The van der Waals surface area contributed by atoms with Gasteiger partial charge in [-0.3, -0.25) is 4.79 Å². The average Bonchev–Trinajstić information content (AvgIpc) is 3.51. The van der Waals surface area contributed by atoms with Crippen LogP contribution in [0.1, 0.15) is 17.7 Å². The number of nitrogens with zero attached hydrogens (tertiary/aromatic N) is 2. The number of aliphatic hydroxyl groups excluding tert-OH is 2. The van der Waals surface area contributed by atoms with Crippen molar-refractivity contribution in [2.75, 3.05) is 30.4 Å². The van der Waals surface area contributed by atoms with Crippen LogP contribution in [0.2, 0.25) is 5.02 Å². The molecule has 2 aliphatic rings. The molecule has 0 saturated carbocycles. The lowest BCUT2D eigenvalue weighted by Crippen LogP contribution is -2.20. The van der Waals surface area contributed by atoms with Crippen molar-refractivity contribution in [2.24, 2.45) is 0 Å². The maximum atomic E-state index is 12.6. The van der Waals surface area contributed by atoms with Crippen molar-refractivity contribution in [3.8, 4) is 17.0 Å². The minimum atomic E-state index is -0.468. The van der Waals surface area contributed by atoms with Crippen molar-refractivity contribution in [2.45, 2.75) is 12.5 Å². The van der Waals surface area contributed by atoms with Crippen LogP contribution in [0.4, 0.5) is 11.4 Å². The highest BCUT2D eigenvalue weighted by atomic mass is 35.5. The van der Waals surface area contributed by atoms with E-state index in [4.69, 9.17) is 20.9 Å². The Morgan fingerprint density at radius 3 is 2.69 bits per heavy atom. The predicted molar refractivity (Wildman–Crippen MR) is 121 cm³/mol. The van der Waals surface area contributed by atoms with Gasteiger partial charge in [-0.1, -0.05) is 23.7 Å². The first-order chi connectivity index (χ1) is 15.4. The zero-order valence-electron chi connectivity index (χ0n) is 17.1. The van der Waals surface area contributed by atoms with Crippen LogP contribution in [0, 0.1) is 0 Å². The fraction of sp³-hybridized carbons (Fsp3) is 0.217. The van der Waals surface area contributed by atoms with Gasteiger partial charge in [0.05, 0.1) is 35.6 Å². The van der Waals surface area contributed by atoms with E-state index in [1.54, 1.807) is 12.1 Å². The Hall–Kier alpha value is -3.49. The van der Waals surface area contributed by atoms with Crippen LogP contribution in [0.15, 0.2) is 47.0 Å². The SMILES string of the molecule is COc1cc(/C(O)=C2\C(=O)Nc3cc(Cl)c(-c4ccc(N5CC[C@H](O)C5)cc4)cc32)on1. The van der Waals surface area contributed by atoms with Gasteiger partial charge in [0.25, 0.3) is 11.8 Å². The van der Waals surface area contributed by atoms with Gasteiger partial charge in [-0.15, -0.1) is 0 Å². The van der Waals surface area contributed by atoms with Gasteiger partial charge in [0, 0.05) is 29.9 Å². The highest BCUT2D eigenvalue weighted by molar-refractivity contribution is 6.38. The van der Waals surface area contributed by atoms with E-state index in [0.717, 1.165) is 29.8 Å². The molecule has 2 aliphatic heterocycles. The first-order valence-electron chi connectivity index (χ1n) is 10.1. The van der Waals surface area contributed by atoms with E-state index < -0.39 is 5.91 Å². The topological polar surface area (TPSA) is 108 Å². The van der Waals surface area contributed by atoms with Crippen LogP contribution in [-0.2, 0) is 4.79 Å². The lowest BCUT2D eigenvalue weighted by molar-refractivity contribution is -0.110. The zero-order valence-corrected chi connectivity index (χ0v) is 17.9. The number of nitrogens with one attached hydrogen (secondary N) is 1. The minimum absolute atomic E-state index is 0.0218. The number of benzene rings is 2. The van der Waals surface area contributed by atoms with E-state index >= 15 is 0 Å². The fourth-order valence-electron chi connectivity index (χ4n) is 4.07. The highest BCUT2D eigenvalue weighted by Crippen LogP contribution is 2.42. The maximum absolute atomic E-state index is 12.6. The number of carbonyl (C=O) groups excluding carboxylic acids is 1. The maximum Gasteiger partial charge on any atom is 0.260 e. The predicted octanol–water partition coefficient (Wildman–Crippen LogP) is 3.95. The molecular weight excluding hydrogens is 434 g/mol. The van der Waals surface area contributed by atoms with Crippen LogP contribution in [0.25, 0.3) is 22.5 Å². The number of methoxy groups -OCH3 is 1. The summed E-state index contributed by atoms with van der Waals surface area (Å²) in [5.74, 6) is -0.598. The summed E-state index contributed by atoms with van der Waals surface area (Å²) in [5, 5.41) is 27.4. The van der Waals surface area contributed by atoms with Crippen LogP contribution in [0.5, 0.6) is 5.88 Å². The summed E-state index contributed by atoms with van der Waals surface area (Å²) in [6.45, 7) is 1.43. The van der Waals surface area contributed by atoms with Crippen LogP contribution >= 0.6 is 11.6 Å². The minimum Gasteiger partial charge on any atom is -0.504 e. The number of carbonyl (C=O) groups is 1. The normalized spacial score (nSPS) is 19.2. The number of halogens is 1. The van der Waals surface area contributed by atoms with E-state index in [9.17, 15) is 15.0 Å². The van der Waals surface area contributed by atoms with Gasteiger partial charge in [0.2, 0.25) is 5.76 Å². The molecule has 32 heavy (non-hydrogen) atoms. The van der Waals surface area contributed by atoms with Gasteiger partial charge >= 0.3 is 0 Å². The molecule has 8 nitrogen and oxygen atoms in total. The van der Waals surface area contributed by atoms with Crippen molar-refractivity contribution >= 4 is 40.2 Å². The van der Waals surface area contributed by atoms with Crippen LogP contribution in [0.3, 0.4) is 0 Å². The van der Waals surface area contributed by atoms with Crippen LogP contribution < -0.4 is 15.0 Å². The number of rotatable bonds is 4. The van der Waals surface area contributed by atoms with E-state index in [-0.39, 0.29) is 29.1 Å². The first-order valence-corrected chi connectivity index (χ1v) is 10.5. The smallest absolute Gasteiger partial charge is 0.260 e. The Bertz CT molecular complexity index is 1230. The number of β-amino-alcohol motifs (C(OH)–C–C–N with tert-alkyl or cyclic N) is 1. The Balaban J connectivity index is 1.53. The third-order valence-corrected chi connectivity index (χ3v) is 6.04. The summed E-state index contributed by atoms with van der Waals surface area (Å²) in [4.78, 5) is 14.7. The molecular formula is C23H20ClN3O5. The van der Waals surface area contributed by atoms with E-state index in [1.807, 2.05) is 24.3 Å². The van der Waals surface area contributed by atoms with E-state index in [0.29, 0.717) is 22.8 Å². The Morgan fingerprint density at radius 2 is 2.03 bits per heavy atom. The summed E-state index contributed by atoms with van der Waals surface area (Å²) in [6.07, 6.45) is 0.461. The number of ether oxygens (including phenoxy) is 1. The van der Waals surface area contributed by atoms with Crippen LogP contribution in [-0.4, -0.2) is 47.6 Å². The number of hydrogen-bond donors (Lipinski definition) is 3. The Kier molecular flexibility index (Phi) is 5.03. The first kappa shape index (κ1) is 20.4. The van der Waals surface area contributed by atoms with Gasteiger partial charge in [-0.25, -0.2) is 0 Å². The standard InChI is InChI=1S/C23H20ClN3O5/c1-31-20-10-19(32-26-20)22(29)21-16-8-15(17(24)9-18(16)25-23(21)30)12-2-4-13(5-3-12)27-7-6-14(28)11-27/h2-5,8-10,14,28-29H,6-7,11H2,1H3,(H,25,30)/b22-21+/t14-/m0/s1. The van der Waals surface area contributed by atoms with Gasteiger partial charge in [-0.05, 0) is 41.4 Å². The lowest BCUT2D eigenvalue weighted by atomic mass is 9.98. The number of amides is 1. The zero-order chi connectivity index (χ0) is 22.4. The van der Waals surface area contributed by atoms with Crippen molar-refractivity contribution in [3.63, 3.8) is 0 Å². The van der Waals surface area contributed by atoms with Crippen molar-refractivity contribution < 1.29 is 24.3 Å². The Labute approximate surface area is 188 Å². The number of hydrogen-bond acceptors (Lipinski definition) is 7. The van der Waals surface area contributed by atoms with Crippen molar-refractivity contribution in [1.29, 1.82) is 0 Å². The number of anilines is 2. The van der Waals surface area contributed by atoms with Gasteiger partial charge < -0.3 is 29.7 Å². The molecule has 0 radical (unpaired) electrons. The summed E-state index contributed by atoms with van der Waals surface area (Å²) in [5.41, 5.74) is 3.68. The molecule has 9 heteroatoms. The molecule has 1 saturated heterocycles. The second kappa shape index (κ2) is 7.89. The average molecular weight is 454 g/mol. The Morgan fingerprint density at radius 1 is 1.25 bits per heavy atom. The highest BCUT2D eigenvalue weighted by Gasteiger charge is 2.31.